The maximum Gasteiger partial charge on any atom is 0.273 e. The molecule has 1 amide bonds. The van der Waals surface area contributed by atoms with Gasteiger partial charge in [-0.15, -0.1) is 0 Å². The monoisotopic (exact) mass is 402 g/mol. The number of amides is 1. The van der Waals surface area contributed by atoms with Gasteiger partial charge in [-0.1, -0.05) is 11.6 Å². The highest BCUT2D eigenvalue weighted by Gasteiger charge is 2.32. The van der Waals surface area contributed by atoms with Gasteiger partial charge in [-0.3, -0.25) is 19.8 Å². The van der Waals surface area contributed by atoms with Gasteiger partial charge in [0.2, 0.25) is 0 Å². The average Bonchev–Trinajstić information content (AvgIpc) is 2.76. The van der Waals surface area contributed by atoms with Gasteiger partial charge in [0.05, 0.1) is 27.9 Å². The third kappa shape index (κ3) is 2.93. The van der Waals surface area contributed by atoms with Crippen molar-refractivity contribution in [2.45, 2.75) is 0 Å². The molecule has 0 spiro atoms. The van der Waals surface area contributed by atoms with Gasteiger partial charge in [-0.25, -0.2) is 8.78 Å². The SMILES string of the molecule is O=C1c2cc(Cl)ccc2Oc2cc([N+](=O)[O-])ccc2N1c1ccc(F)cc1F. The van der Waals surface area contributed by atoms with Crippen LogP contribution in [-0.4, -0.2) is 10.8 Å². The van der Waals surface area contributed by atoms with E-state index in [1.807, 2.05) is 0 Å². The first-order chi connectivity index (χ1) is 13.3. The summed E-state index contributed by atoms with van der Waals surface area (Å²) in [5, 5.41) is 11.4. The van der Waals surface area contributed by atoms with E-state index in [0.717, 1.165) is 29.2 Å². The molecule has 140 valence electrons. The van der Waals surface area contributed by atoms with Gasteiger partial charge in [-0.05, 0) is 36.4 Å². The number of non-ortho nitro benzene ring substituents is 1. The van der Waals surface area contributed by atoms with Crippen LogP contribution in [0.4, 0.5) is 25.8 Å². The highest BCUT2D eigenvalue weighted by atomic mass is 35.5. The van der Waals surface area contributed by atoms with Gasteiger partial charge >= 0.3 is 0 Å². The van der Waals surface area contributed by atoms with Crippen molar-refractivity contribution in [3.63, 3.8) is 0 Å². The van der Waals surface area contributed by atoms with Crippen LogP contribution in [0.1, 0.15) is 10.4 Å². The van der Waals surface area contributed by atoms with E-state index in [4.69, 9.17) is 16.3 Å². The van der Waals surface area contributed by atoms with Crippen molar-refractivity contribution in [1.82, 2.24) is 0 Å². The highest BCUT2D eigenvalue weighted by molar-refractivity contribution is 6.31. The Kier molecular flexibility index (Phi) is 4.20. The molecule has 0 aliphatic carbocycles. The van der Waals surface area contributed by atoms with Crippen LogP contribution in [-0.2, 0) is 0 Å². The molecule has 28 heavy (non-hydrogen) atoms. The Labute approximate surface area is 161 Å². The molecule has 0 N–H and O–H groups in total. The predicted octanol–water partition coefficient (Wildman–Crippen LogP) is 5.61. The summed E-state index contributed by atoms with van der Waals surface area (Å²) in [7, 11) is 0. The lowest BCUT2D eigenvalue weighted by Crippen LogP contribution is -2.26. The van der Waals surface area contributed by atoms with Crippen molar-refractivity contribution >= 4 is 34.6 Å². The first-order valence-electron chi connectivity index (χ1n) is 7.90. The van der Waals surface area contributed by atoms with E-state index < -0.39 is 22.5 Å². The van der Waals surface area contributed by atoms with Crippen molar-refractivity contribution < 1.29 is 23.2 Å². The van der Waals surface area contributed by atoms with E-state index in [1.54, 1.807) is 0 Å². The number of halogens is 3. The second kappa shape index (κ2) is 6.58. The van der Waals surface area contributed by atoms with Gasteiger partial charge < -0.3 is 4.74 Å². The van der Waals surface area contributed by atoms with E-state index >= 15 is 0 Å². The highest BCUT2D eigenvalue weighted by Crippen LogP contribution is 2.45. The Hall–Kier alpha value is -3.52. The number of hydrogen-bond donors (Lipinski definition) is 0. The molecular formula is C19H9ClF2N2O4. The number of rotatable bonds is 2. The maximum atomic E-state index is 14.5. The molecule has 0 aromatic heterocycles. The second-order valence-corrected chi connectivity index (χ2v) is 6.32. The maximum absolute atomic E-state index is 14.5. The number of nitro groups is 1. The van der Waals surface area contributed by atoms with Crippen molar-refractivity contribution in [2.75, 3.05) is 4.90 Å². The first kappa shape index (κ1) is 17.9. The molecule has 0 saturated carbocycles. The molecule has 0 saturated heterocycles. The van der Waals surface area contributed by atoms with Gasteiger partial charge in [0.15, 0.2) is 5.75 Å². The lowest BCUT2D eigenvalue weighted by molar-refractivity contribution is -0.384. The molecule has 1 aliphatic rings. The van der Waals surface area contributed by atoms with Crippen LogP contribution >= 0.6 is 11.6 Å². The van der Waals surface area contributed by atoms with Gasteiger partial charge in [0.1, 0.15) is 17.4 Å². The zero-order valence-corrected chi connectivity index (χ0v) is 14.6. The summed E-state index contributed by atoms with van der Waals surface area (Å²) in [5.41, 5.74) is -0.426. The number of ether oxygens (including phenoxy) is 1. The van der Waals surface area contributed by atoms with Crippen molar-refractivity contribution in [3.05, 3.63) is 86.9 Å². The average molecular weight is 403 g/mol. The molecule has 6 nitrogen and oxygen atoms in total. The van der Waals surface area contributed by atoms with Crippen LogP contribution in [0, 0.1) is 21.7 Å². The lowest BCUT2D eigenvalue weighted by Gasteiger charge is -2.22. The van der Waals surface area contributed by atoms with Crippen LogP contribution in [0.5, 0.6) is 11.5 Å². The largest absolute Gasteiger partial charge is 0.454 e. The van der Waals surface area contributed by atoms with Crippen molar-refractivity contribution in [1.29, 1.82) is 0 Å². The summed E-state index contributed by atoms with van der Waals surface area (Å²) in [6.07, 6.45) is 0. The molecule has 0 bridgehead atoms. The van der Waals surface area contributed by atoms with Gasteiger partial charge in [0, 0.05) is 17.2 Å². The Bertz CT molecular complexity index is 1150. The number of carbonyl (C=O) groups is 1. The Morgan fingerprint density at radius 3 is 2.43 bits per heavy atom. The molecule has 1 heterocycles. The number of fused-ring (bicyclic) bond motifs is 2. The van der Waals surface area contributed by atoms with E-state index in [9.17, 15) is 23.7 Å². The fraction of sp³-hybridized carbons (Fsp3) is 0. The third-order valence-corrected chi connectivity index (χ3v) is 4.38. The standard InChI is InChI=1S/C19H9ClF2N2O4/c20-10-1-6-17-13(7-10)19(25)23(15-4-2-11(21)8-14(15)22)16-5-3-12(24(26)27)9-18(16)28-17/h1-9H. The van der Waals surface area contributed by atoms with E-state index in [-0.39, 0.29) is 39.1 Å². The normalized spacial score (nSPS) is 12.7. The molecule has 3 aromatic rings. The number of nitro benzene ring substituents is 1. The molecule has 4 rings (SSSR count). The minimum atomic E-state index is -0.983. The molecule has 0 radical (unpaired) electrons. The summed E-state index contributed by atoms with van der Waals surface area (Å²) in [6, 6.07) is 10.5. The summed E-state index contributed by atoms with van der Waals surface area (Å²) in [4.78, 5) is 24.7. The van der Waals surface area contributed by atoms with Gasteiger partial charge in [-0.2, -0.15) is 0 Å². The first-order valence-corrected chi connectivity index (χ1v) is 8.28. The smallest absolute Gasteiger partial charge is 0.273 e. The molecule has 3 aromatic carbocycles. The number of hydrogen-bond acceptors (Lipinski definition) is 4. The number of benzene rings is 3. The third-order valence-electron chi connectivity index (χ3n) is 4.14. The number of anilines is 2. The minimum Gasteiger partial charge on any atom is -0.454 e. The zero-order valence-electron chi connectivity index (χ0n) is 13.9. The molecule has 0 atom stereocenters. The van der Waals surface area contributed by atoms with E-state index in [0.29, 0.717) is 6.07 Å². The van der Waals surface area contributed by atoms with E-state index in [1.165, 1.54) is 24.3 Å². The fourth-order valence-electron chi connectivity index (χ4n) is 2.89. The Morgan fingerprint density at radius 1 is 0.964 bits per heavy atom. The topological polar surface area (TPSA) is 72.7 Å². The molecule has 9 heteroatoms. The quantitative estimate of drug-likeness (QED) is 0.412. The van der Waals surface area contributed by atoms with Crippen LogP contribution in [0.3, 0.4) is 0 Å². The van der Waals surface area contributed by atoms with Crippen molar-refractivity contribution in [3.8, 4) is 11.5 Å². The zero-order chi connectivity index (χ0) is 20.0. The molecule has 0 unspecified atom stereocenters. The Morgan fingerprint density at radius 2 is 1.71 bits per heavy atom. The summed E-state index contributed by atoms with van der Waals surface area (Å²) < 4.78 is 33.6. The van der Waals surface area contributed by atoms with Gasteiger partial charge in [0.25, 0.3) is 11.6 Å². The number of carbonyl (C=O) groups excluding carboxylic acids is 1. The molecule has 0 fully saturated rings. The van der Waals surface area contributed by atoms with Crippen molar-refractivity contribution in [2.24, 2.45) is 0 Å². The molecule has 1 aliphatic heterocycles. The fourth-order valence-corrected chi connectivity index (χ4v) is 3.06. The van der Waals surface area contributed by atoms with E-state index in [2.05, 4.69) is 0 Å². The van der Waals surface area contributed by atoms with Crippen LogP contribution in [0.15, 0.2) is 54.6 Å². The predicted molar refractivity (Wildman–Crippen MR) is 97.4 cm³/mol. The number of nitrogens with zero attached hydrogens (tertiary/aromatic N) is 2. The van der Waals surface area contributed by atoms with Crippen LogP contribution in [0.25, 0.3) is 0 Å². The van der Waals surface area contributed by atoms with Crippen LogP contribution < -0.4 is 9.64 Å². The second-order valence-electron chi connectivity index (χ2n) is 5.89. The summed E-state index contributed by atoms with van der Waals surface area (Å²) in [6.45, 7) is 0. The summed E-state index contributed by atoms with van der Waals surface area (Å²) >= 11 is 5.98. The molecular weight excluding hydrogens is 394 g/mol. The minimum absolute atomic E-state index is 0.0232. The summed E-state index contributed by atoms with van der Waals surface area (Å²) in [5.74, 6) is -2.42. The Balaban J connectivity index is 2.00. The lowest BCUT2D eigenvalue weighted by atomic mass is 10.1. The van der Waals surface area contributed by atoms with Crippen LogP contribution in [0.2, 0.25) is 5.02 Å².